The number of rotatable bonds is 5. The molecule has 7 heteroatoms. The molecule has 0 atom stereocenters. The zero-order valence-electron chi connectivity index (χ0n) is 7.71. The van der Waals surface area contributed by atoms with Crippen LogP contribution in [0.1, 0.15) is 5.56 Å². The smallest absolute Gasteiger partial charge is 0.139 e. The predicted molar refractivity (Wildman–Crippen MR) is 55.6 cm³/mol. The summed E-state index contributed by atoms with van der Waals surface area (Å²) in [7, 11) is 0. The van der Waals surface area contributed by atoms with Crippen LogP contribution in [-0.4, -0.2) is 6.54 Å². The molecule has 0 bridgehead atoms. The van der Waals surface area contributed by atoms with Crippen molar-refractivity contribution in [3.8, 4) is 0 Å². The zero-order valence-corrected chi connectivity index (χ0v) is 7.71. The molecule has 0 saturated carbocycles. The van der Waals surface area contributed by atoms with Gasteiger partial charge in [0.05, 0.1) is 0 Å². The van der Waals surface area contributed by atoms with E-state index in [-0.39, 0.29) is 17.1 Å². The maximum absolute atomic E-state index is 10.4. The van der Waals surface area contributed by atoms with Crippen LogP contribution in [0.25, 0.3) is 0 Å². The largest absolute Gasteiger partial charge is 0.330 e. The zero-order chi connectivity index (χ0) is 11.3. The van der Waals surface area contributed by atoms with Gasteiger partial charge in [0.2, 0.25) is 0 Å². The predicted octanol–water partition coefficient (Wildman–Crippen LogP) is 2.38. The Kier molecular flexibility index (Phi) is 3.69. The standard InChI is InChI=1S/C8H8N4O3/c9-2-1-5-3-7(11-14)8(12-15)4-6(5)10-13/h3-4H,1-2,9H2. The van der Waals surface area contributed by atoms with Crippen molar-refractivity contribution >= 4 is 17.1 Å². The van der Waals surface area contributed by atoms with Crippen LogP contribution in [0.4, 0.5) is 17.1 Å². The number of hydrogen-bond donors (Lipinski definition) is 1. The highest BCUT2D eigenvalue weighted by Crippen LogP contribution is 2.35. The summed E-state index contributed by atoms with van der Waals surface area (Å²) in [4.78, 5) is 31.1. The van der Waals surface area contributed by atoms with E-state index in [2.05, 4.69) is 15.5 Å². The Balaban J connectivity index is 3.32. The highest BCUT2D eigenvalue weighted by atomic mass is 16.3. The fraction of sp³-hybridized carbons (Fsp3) is 0.250. The van der Waals surface area contributed by atoms with Gasteiger partial charge in [-0.05, 0) is 46.2 Å². The Morgan fingerprint density at radius 2 is 1.47 bits per heavy atom. The lowest BCUT2D eigenvalue weighted by molar-refractivity contribution is 0.967. The molecule has 0 aliphatic heterocycles. The van der Waals surface area contributed by atoms with Gasteiger partial charge in [0.15, 0.2) is 0 Å². The van der Waals surface area contributed by atoms with Crippen LogP contribution in [0.2, 0.25) is 0 Å². The molecule has 0 heterocycles. The molecule has 0 aromatic heterocycles. The van der Waals surface area contributed by atoms with Gasteiger partial charge in [-0.3, -0.25) is 0 Å². The lowest BCUT2D eigenvalue weighted by atomic mass is 10.1. The molecule has 0 aliphatic carbocycles. The normalized spacial score (nSPS) is 9.67. The summed E-state index contributed by atoms with van der Waals surface area (Å²) in [6.07, 6.45) is 0.378. The molecule has 1 aromatic rings. The van der Waals surface area contributed by atoms with Crippen molar-refractivity contribution in [2.75, 3.05) is 6.54 Å². The highest BCUT2D eigenvalue weighted by Gasteiger charge is 2.11. The summed E-state index contributed by atoms with van der Waals surface area (Å²) < 4.78 is 0. The van der Waals surface area contributed by atoms with E-state index in [0.717, 1.165) is 6.07 Å². The monoisotopic (exact) mass is 208 g/mol. The van der Waals surface area contributed by atoms with Gasteiger partial charge in [-0.1, -0.05) is 0 Å². The third-order valence-corrected chi connectivity index (χ3v) is 1.88. The summed E-state index contributed by atoms with van der Waals surface area (Å²) in [6.45, 7) is 0.300. The number of benzene rings is 1. The molecule has 1 aromatic carbocycles. The van der Waals surface area contributed by atoms with Crippen LogP contribution >= 0.6 is 0 Å². The van der Waals surface area contributed by atoms with Crippen LogP contribution in [-0.2, 0) is 6.42 Å². The molecule has 7 nitrogen and oxygen atoms in total. The molecule has 0 saturated heterocycles. The summed E-state index contributed by atoms with van der Waals surface area (Å²) in [5.41, 5.74) is 5.54. The molecular formula is C8H8N4O3. The highest BCUT2D eigenvalue weighted by molar-refractivity contribution is 5.69. The summed E-state index contributed by atoms with van der Waals surface area (Å²) >= 11 is 0. The summed E-state index contributed by atoms with van der Waals surface area (Å²) in [6, 6.07) is 2.43. The molecule has 1 rings (SSSR count). The summed E-state index contributed by atoms with van der Waals surface area (Å²) in [5.74, 6) is 0. The first kappa shape index (κ1) is 11.1. The molecule has 0 radical (unpaired) electrons. The Hall–Kier alpha value is -2.02. The molecule has 0 spiro atoms. The molecule has 0 amide bonds. The Bertz CT molecular complexity index is 405. The van der Waals surface area contributed by atoms with Crippen molar-refractivity contribution in [3.05, 3.63) is 32.4 Å². The van der Waals surface area contributed by atoms with E-state index < -0.39 is 0 Å². The second kappa shape index (κ2) is 5.01. The van der Waals surface area contributed by atoms with Gasteiger partial charge in [0.1, 0.15) is 17.1 Å². The molecule has 15 heavy (non-hydrogen) atoms. The molecule has 0 aliphatic rings. The van der Waals surface area contributed by atoms with Crippen molar-refractivity contribution in [2.45, 2.75) is 6.42 Å². The average Bonchev–Trinajstić information content (AvgIpc) is 2.28. The second-order valence-corrected chi connectivity index (χ2v) is 2.78. The maximum Gasteiger partial charge on any atom is 0.139 e. The van der Waals surface area contributed by atoms with Crippen LogP contribution in [0.3, 0.4) is 0 Å². The Morgan fingerprint density at radius 1 is 0.933 bits per heavy atom. The van der Waals surface area contributed by atoms with Gasteiger partial charge >= 0.3 is 0 Å². The van der Waals surface area contributed by atoms with Crippen molar-refractivity contribution in [1.29, 1.82) is 0 Å². The van der Waals surface area contributed by atoms with Gasteiger partial charge in [-0.25, -0.2) is 0 Å². The van der Waals surface area contributed by atoms with Crippen molar-refractivity contribution in [1.82, 2.24) is 0 Å². The maximum atomic E-state index is 10.4. The first-order valence-electron chi connectivity index (χ1n) is 4.14. The lowest BCUT2D eigenvalue weighted by Gasteiger charge is -2.03. The third kappa shape index (κ3) is 2.26. The molecular weight excluding hydrogens is 200 g/mol. The minimum absolute atomic E-state index is 0.0578. The van der Waals surface area contributed by atoms with E-state index in [4.69, 9.17) is 5.73 Å². The van der Waals surface area contributed by atoms with Crippen molar-refractivity contribution in [3.63, 3.8) is 0 Å². The second-order valence-electron chi connectivity index (χ2n) is 2.78. The van der Waals surface area contributed by atoms with E-state index in [1.165, 1.54) is 6.07 Å². The number of nitrogens with two attached hydrogens (primary N) is 1. The van der Waals surface area contributed by atoms with E-state index in [1.54, 1.807) is 0 Å². The fourth-order valence-corrected chi connectivity index (χ4v) is 1.20. The molecule has 0 fully saturated rings. The summed E-state index contributed by atoms with van der Waals surface area (Å²) in [5, 5.41) is 7.93. The van der Waals surface area contributed by atoms with Crippen LogP contribution in [0, 0.1) is 14.7 Å². The van der Waals surface area contributed by atoms with Gasteiger partial charge < -0.3 is 5.73 Å². The van der Waals surface area contributed by atoms with Crippen molar-refractivity contribution < 1.29 is 0 Å². The fourth-order valence-electron chi connectivity index (χ4n) is 1.20. The molecule has 78 valence electrons. The van der Waals surface area contributed by atoms with Gasteiger partial charge in [0, 0.05) is 0 Å². The van der Waals surface area contributed by atoms with Crippen LogP contribution in [0.15, 0.2) is 27.7 Å². The van der Waals surface area contributed by atoms with Crippen molar-refractivity contribution in [2.24, 2.45) is 21.3 Å². The molecule has 0 unspecified atom stereocenters. The number of hydrogen-bond acceptors (Lipinski definition) is 7. The van der Waals surface area contributed by atoms with Gasteiger partial charge in [-0.15, -0.1) is 14.7 Å². The van der Waals surface area contributed by atoms with Crippen LogP contribution < -0.4 is 5.73 Å². The SMILES string of the molecule is NCCc1cc(N=O)c(N=O)cc1N=O. The van der Waals surface area contributed by atoms with E-state index in [9.17, 15) is 14.7 Å². The van der Waals surface area contributed by atoms with E-state index in [0.29, 0.717) is 18.5 Å². The molecule has 2 N–H and O–H groups in total. The first-order valence-corrected chi connectivity index (χ1v) is 4.14. The Morgan fingerprint density at radius 3 is 1.93 bits per heavy atom. The number of nitrogens with zero attached hydrogens (tertiary/aromatic N) is 3. The Labute approximate surface area is 84.6 Å². The van der Waals surface area contributed by atoms with E-state index >= 15 is 0 Å². The quantitative estimate of drug-likeness (QED) is 0.747. The minimum Gasteiger partial charge on any atom is -0.330 e. The lowest BCUT2D eigenvalue weighted by Crippen LogP contribution is -2.02. The number of nitroso groups, excluding NO2 is 3. The topological polar surface area (TPSA) is 114 Å². The minimum atomic E-state index is -0.194. The average molecular weight is 208 g/mol. The van der Waals surface area contributed by atoms with Gasteiger partial charge in [-0.2, -0.15) is 0 Å². The third-order valence-electron chi connectivity index (χ3n) is 1.88. The van der Waals surface area contributed by atoms with E-state index in [1.807, 2.05) is 0 Å². The first-order chi connectivity index (χ1) is 7.26. The van der Waals surface area contributed by atoms with Crippen LogP contribution in [0.5, 0.6) is 0 Å². The van der Waals surface area contributed by atoms with Gasteiger partial charge in [0.25, 0.3) is 0 Å².